The van der Waals surface area contributed by atoms with Crippen molar-refractivity contribution in [1.82, 2.24) is 5.32 Å². The summed E-state index contributed by atoms with van der Waals surface area (Å²) in [5.41, 5.74) is 0.292. The van der Waals surface area contributed by atoms with Gasteiger partial charge in [-0.2, -0.15) is 0 Å². The van der Waals surface area contributed by atoms with E-state index in [1.165, 1.54) is 0 Å². The molecule has 1 aromatic rings. The number of hydrogen-bond acceptors (Lipinski definition) is 3. The molecule has 2 rings (SSSR count). The second-order valence-corrected chi connectivity index (χ2v) is 6.73. The summed E-state index contributed by atoms with van der Waals surface area (Å²) in [5, 5.41) is 11.7. The third-order valence-electron chi connectivity index (χ3n) is 3.49. The summed E-state index contributed by atoms with van der Waals surface area (Å²) >= 11 is 3.39. The number of hydrogen-bond donors (Lipinski definition) is 2. The van der Waals surface area contributed by atoms with Crippen LogP contribution in [-0.2, 0) is 9.59 Å². The molecule has 0 bridgehead atoms. The van der Waals surface area contributed by atoms with Gasteiger partial charge in [-0.1, -0.05) is 15.9 Å². The molecule has 0 saturated carbocycles. The normalized spacial score (nSPS) is 17.0. The lowest BCUT2D eigenvalue weighted by Crippen LogP contribution is -2.46. The van der Waals surface area contributed by atoms with E-state index >= 15 is 0 Å². The first-order chi connectivity index (χ1) is 9.78. The number of aliphatic carboxylic acids is 1. The van der Waals surface area contributed by atoms with Gasteiger partial charge in [0.1, 0.15) is 18.3 Å². The van der Waals surface area contributed by atoms with Crippen molar-refractivity contribution in [1.29, 1.82) is 0 Å². The lowest BCUT2D eigenvalue weighted by molar-refractivity contribution is -0.138. The fourth-order valence-electron chi connectivity index (χ4n) is 2.31. The molecule has 0 radical (unpaired) electrons. The van der Waals surface area contributed by atoms with Crippen LogP contribution in [0.3, 0.4) is 0 Å². The van der Waals surface area contributed by atoms with Gasteiger partial charge in [0, 0.05) is 22.0 Å². The highest BCUT2D eigenvalue weighted by atomic mass is 79.9. The minimum atomic E-state index is -0.865. The molecule has 0 aromatic heterocycles. The molecule has 0 spiro atoms. The van der Waals surface area contributed by atoms with Gasteiger partial charge in [-0.25, -0.2) is 0 Å². The zero-order valence-corrected chi connectivity index (χ0v) is 13.6. The van der Waals surface area contributed by atoms with Crippen LogP contribution >= 0.6 is 15.9 Å². The Morgan fingerprint density at radius 2 is 2.19 bits per heavy atom. The van der Waals surface area contributed by atoms with E-state index in [2.05, 4.69) is 21.2 Å². The molecule has 1 aliphatic heterocycles. The topological polar surface area (TPSA) is 75.6 Å². The molecule has 1 atom stereocenters. The van der Waals surface area contributed by atoms with Gasteiger partial charge in [0.25, 0.3) is 0 Å². The molecule has 21 heavy (non-hydrogen) atoms. The Morgan fingerprint density at radius 3 is 2.86 bits per heavy atom. The number of nitrogens with one attached hydrogen (secondary N) is 1. The van der Waals surface area contributed by atoms with E-state index in [9.17, 15) is 9.59 Å². The number of benzene rings is 1. The zero-order chi connectivity index (χ0) is 15.6. The largest absolute Gasteiger partial charge is 0.492 e. The van der Waals surface area contributed by atoms with Crippen LogP contribution in [0.5, 0.6) is 5.75 Å². The van der Waals surface area contributed by atoms with Crippen molar-refractivity contribution >= 4 is 27.8 Å². The first-order valence-electron chi connectivity index (χ1n) is 6.74. The van der Waals surface area contributed by atoms with Gasteiger partial charge in [0.15, 0.2) is 0 Å². The average molecular weight is 356 g/mol. The van der Waals surface area contributed by atoms with Crippen molar-refractivity contribution in [2.75, 3.05) is 6.61 Å². The van der Waals surface area contributed by atoms with E-state index < -0.39 is 11.5 Å². The van der Waals surface area contributed by atoms with E-state index in [4.69, 9.17) is 9.84 Å². The van der Waals surface area contributed by atoms with Crippen LogP contribution in [0.4, 0.5) is 0 Å². The van der Waals surface area contributed by atoms with Gasteiger partial charge in [-0.15, -0.1) is 0 Å². The van der Waals surface area contributed by atoms with E-state index in [0.717, 1.165) is 15.8 Å². The number of rotatable bonds is 5. The molecule has 1 heterocycles. The minimum Gasteiger partial charge on any atom is -0.492 e. The molecule has 6 heteroatoms. The fourth-order valence-corrected chi connectivity index (χ4v) is 2.68. The van der Waals surface area contributed by atoms with Crippen molar-refractivity contribution in [3.63, 3.8) is 0 Å². The Balaban J connectivity index is 2.06. The maximum atomic E-state index is 12.4. The predicted octanol–water partition coefficient (Wildman–Crippen LogP) is 2.68. The number of fused-ring (bicyclic) bond motifs is 1. The van der Waals surface area contributed by atoms with Crippen LogP contribution < -0.4 is 10.1 Å². The highest BCUT2D eigenvalue weighted by molar-refractivity contribution is 9.10. The summed E-state index contributed by atoms with van der Waals surface area (Å²) in [6, 6.07) is 5.59. The second kappa shape index (κ2) is 6.05. The Bertz CT molecular complexity index is 571. The van der Waals surface area contributed by atoms with Gasteiger partial charge in [0.2, 0.25) is 5.91 Å². The van der Waals surface area contributed by atoms with E-state index in [-0.39, 0.29) is 18.2 Å². The molecular weight excluding hydrogens is 338 g/mol. The zero-order valence-electron chi connectivity index (χ0n) is 12.0. The fraction of sp³-hybridized carbons (Fsp3) is 0.467. The van der Waals surface area contributed by atoms with Crippen LogP contribution in [0.25, 0.3) is 0 Å². The van der Waals surface area contributed by atoms with Gasteiger partial charge < -0.3 is 15.2 Å². The third-order valence-corrected chi connectivity index (χ3v) is 3.99. The van der Waals surface area contributed by atoms with Gasteiger partial charge in [-0.05, 0) is 38.5 Å². The van der Waals surface area contributed by atoms with Crippen molar-refractivity contribution in [3.8, 4) is 5.75 Å². The second-order valence-electron chi connectivity index (χ2n) is 5.81. The average Bonchev–Trinajstić information content (AvgIpc) is 2.79. The lowest BCUT2D eigenvalue weighted by Gasteiger charge is -2.27. The van der Waals surface area contributed by atoms with Crippen LogP contribution in [0.2, 0.25) is 0 Å². The van der Waals surface area contributed by atoms with Crippen LogP contribution in [0.15, 0.2) is 22.7 Å². The predicted molar refractivity (Wildman–Crippen MR) is 81.5 cm³/mol. The monoisotopic (exact) mass is 355 g/mol. The molecule has 1 amide bonds. The van der Waals surface area contributed by atoms with Crippen molar-refractivity contribution in [3.05, 3.63) is 28.2 Å². The Morgan fingerprint density at radius 1 is 1.48 bits per heavy atom. The first-order valence-corrected chi connectivity index (χ1v) is 7.54. The standard InChI is InChI=1S/C15H18BrNO4/c1-15(2,6-5-13(18)19)17-14(20)11-8-21-12-4-3-9(16)7-10(11)12/h3-4,7,11H,5-6,8H2,1-2H3,(H,17,20)(H,18,19). The number of amides is 1. The third kappa shape index (κ3) is 3.97. The van der Waals surface area contributed by atoms with Gasteiger partial charge in [0.05, 0.1) is 0 Å². The van der Waals surface area contributed by atoms with Crippen molar-refractivity contribution in [2.45, 2.75) is 38.1 Å². The van der Waals surface area contributed by atoms with Gasteiger partial charge >= 0.3 is 5.97 Å². The Kier molecular flexibility index (Phi) is 4.56. The minimum absolute atomic E-state index is 0.0244. The summed E-state index contributed by atoms with van der Waals surface area (Å²) in [7, 11) is 0. The summed E-state index contributed by atoms with van der Waals surface area (Å²) in [6.45, 7) is 3.96. The molecule has 5 nitrogen and oxygen atoms in total. The van der Waals surface area contributed by atoms with Crippen molar-refractivity contribution < 1.29 is 19.4 Å². The lowest BCUT2D eigenvalue weighted by atomic mass is 9.95. The highest BCUT2D eigenvalue weighted by Crippen LogP contribution is 2.36. The molecule has 0 aliphatic carbocycles. The number of carbonyl (C=O) groups is 2. The smallest absolute Gasteiger partial charge is 0.303 e. The number of halogens is 1. The summed E-state index contributed by atoms with van der Waals surface area (Å²) < 4.78 is 6.42. The first kappa shape index (κ1) is 15.8. The van der Waals surface area contributed by atoms with Crippen LogP contribution in [0.1, 0.15) is 38.2 Å². The number of ether oxygens (including phenoxy) is 1. The molecular formula is C15H18BrNO4. The number of carboxylic acids is 1. The summed E-state index contributed by atoms with van der Waals surface area (Å²) in [6.07, 6.45) is 0.406. The molecule has 2 N–H and O–H groups in total. The number of carboxylic acid groups (broad SMARTS) is 1. The molecule has 114 valence electrons. The van der Waals surface area contributed by atoms with E-state index in [0.29, 0.717) is 13.0 Å². The molecule has 1 aromatic carbocycles. The molecule has 0 fully saturated rings. The SMILES string of the molecule is CC(C)(CCC(=O)O)NC(=O)C1COc2ccc(Br)cc21. The van der Waals surface area contributed by atoms with E-state index in [1.54, 1.807) is 0 Å². The molecule has 1 unspecified atom stereocenters. The number of carbonyl (C=O) groups excluding carboxylic acids is 1. The van der Waals surface area contributed by atoms with Gasteiger partial charge in [-0.3, -0.25) is 9.59 Å². The maximum Gasteiger partial charge on any atom is 0.303 e. The quantitative estimate of drug-likeness (QED) is 0.851. The Hall–Kier alpha value is -1.56. The van der Waals surface area contributed by atoms with Crippen molar-refractivity contribution in [2.24, 2.45) is 0 Å². The maximum absolute atomic E-state index is 12.4. The van der Waals surface area contributed by atoms with E-state index in [1.807, 2.05) is 32.0 Å². The molecule has 0 saturated heterocycles. The van der Waals surface area contributed by atoms with Crippen LogP contribution in [0, 0.1) is 0 Å². The summed E-state index contributed by atoms with van der Waals surface area (Å²) in [4.78, 5) is 23.1. The highest BCUT2D eigenvalue weighted by Gasteiger charge is 2.33. The molecule has 1 aliphatic rings. The summed E-state index contributed by atoms with van der Waals surface area (Å²) in [5.74, 6) is -0.638. The van der Waals surface area contributed by atoms with Crippen LogP contribution in [-0.4, -0.2) is 29.1 Å². The Labute approximate surface area is 131 Å².